The Morgan fingerprint density at radius 3 is 2.60 bits per heavy atom. The van der Waals surface area contributed by atoms with E-state index in [0.29, 0.717) is 0 Å². The third kappa shape index (κ3) is 4.12. The predicted octanol–water partition coefficient (Wildman–Crippen LogP) is 6.08. The van der Waals surface area contributed by atoms with E-state index in [-0.39, 0.29) is 6.04 Å². The summed E-state index contributed by atoms with van der Waals surface area (Å²) in [7, 11) is 0. The predicted molar refractivity (Wildman–Crippen MR) is 126 cm³/mol. The topological polar surface area (TPSA) is 24.5 Å². The quantitative estimate of drug-likeness (QED) is 0.428. The fourth-order valence-electron chi connectivity index (χ4n) is 4.29. The number of nitrogens with one attached hydrogen (secondary N) is 1. The first-order valence-electron chi connectivity index (χ1n) is 10.6. The first-order valence-corrected chi connectivity index (χ1v) is 11.5. The van der Waals surface area contributed by atoms with E-state index in [9.17, 15) is 0 Å². The highest BCUT2D eigenvalue weighted by Gasteiger charge is 2.26. The van der Waals surface area contributed by atoms with Crippen molar-refractivity contribution in [3.05, 3.63) is 95.4 Å². The van der Waals surface area contributed by atoms with Gasteiger partial charge in [-0.1, -0.05) is 48.5 Å². The monoisotopic (exact) mass is 414 g/mol. The molecule has 1 fully saturated rings. The lowest BCUT2D eigenvalue weighted by molar-refractivity contribution is 0.242. The lowest BCUT2D eigenvalue weighted by Crippen LogP contribution is -2.32. The average molecular weight is 415 g/mol. The van der Waals surface area contributed by atoms with E-state index in [1.54, 1.807) is 0 Å². The summed E-state index contributed by atoms with van der Waals surface area (Å²) >= 11 is 1.84. The van der Waals surface area contributed by atoms with Crippen LogP contribution in [0.15, 0.2) is 84.2 Å². The Morgan fingerprint density at radius 2 is 1.67 bits per heavy atom. The molecule has 1 aliphatic heterocycles. The zero-order valence-corrected chi connectivity index (χ0v) is 17.8. The van der Waals surface area contributed by atoms with Crippen molar-refractivity contribution in [3.8, 4) is 11.5 Å². The van der Waals surface area contributed by atoms with E-state index in [0.717, 1.165) is 37.7 Å². The van der Waals surface area contributed by atoms with Crippen molar-refractivity contribution in [3.63, 3.8) is 0 Å². The van der Waals surface area contributed by atoms with Crippen LogP contribution >= 0.6 is 11.3 Å². The molecule has 152 valence electrons. The van der Waals surface area contributed by atoms with Gasteiger partial charge in [0.2, 0.25) is 0 Å². The lowest BCUT2D eigenvalue weighted by Gasteiger charge is -2.31. The van der Waals surface area contributed by atoms with Crippen LogP contribution < -0.4 is 10.1 Å². The summed E-state index contributed by atoms with van der Waals surface area (Å²) in [5.74, 6) is 1.75. The van der Waals surface area contributed by atoms with Crippen LogP contribution in [0.2, 0.25) is 0 Å². The fourth-order valence-corrected chi connectivity index (χ4v) is 5.27. The van der Waals surface area contributed by atoms with E-state index in [1.807, 2.05) is 47.7 Å². The third-order valence-corrected chi connectivity index (χ3v) is 6.68. The van der Waals surface area contributed by atoms with E-state index in [4.69, 9.17) is 4.74 Å². The molecule has 3 aromatic carbocycles. The normalized spacial score (nSPS) is 16.3. The molecule has 0 spiro atoms. The summed E-state index contributed by atoms with van der Waals surface area (Å²) in [5, 5.41) is 7.25. The molecular formula is C26H26N2OS. The number of hydrogen-bond donors (Lipinski definition) is 1. The van der Waals surface area contributed by atoms with E-state index in [2.05, 4.69) is 58.1 Å². The second-order valence-corrected chi connectivity index (χ2v) is 8.63. The molecule has 1 aromatic heterocycles. The van der Waals surface area contributed by atoms with Crippen molar-refractivity contribution >= 4 is 21.4 Å². The van der Waals surface area contributed by atoms with Crippen molar-refractivity contribution in [1.82, 2.24) is 10.2 Å². The molecule has 1 aliphatic rings. The Labute approximate surface area is 181 Å². The molecule has 1 N–H and O–H groups in total. The number of para-hydroxylation sites is 1. The minimum Gasteiger partial charge on any atom is -0.457 e. The summed E-state index contributed by atoms with van der Waals surface area (Å²) in [4.78, 5) is 2.62. The van der Waals surface area contributed by atoms with Crippen LogP contribution in [0.1, 0.15) is 23.6 Å². The second kappa shape index (κ2) is 9.00. The maximum atomic E-state index is 6.16. The Kier molecular flexibility index (Phi) is 5.80. The van der Waals surface area contributed by atoms with Gasteiger partial charge in [-0.3, -0.25) is 4.90 Å². The molecule has 5 rings (SSSR count). The number of ether oxygens (including phenoxy) is 1. The molecule has 4 aromatic rings. The van der Waals surface area contributed by atoms with Crippen LogP contribution in [0, 0.1) is 0 Å². The molecule has 4 heteroatoms. The number of thiophene rings is 1. The summed E-state index contributed by atoms with van der Waals surface area (Å²) in [6.45, 7) is 4.24. The number of rotatable bonds is 5. The van der Waals surface area contributed by atoms with Crippen molar-refractivity contribution < 1.29 is 4.74 Å². The fraction of sp³-hybridized carbons (Fsp3) is 0.231. The molecule has 1 unspecified atom stereocenters. The molecule has 0 amide bonds. The number of benzene rings is 3. The van der Waals surface area contributed by atoms with Gasteiger partial charge in [0.25, 0.3) is 0 Å². The Bertz CT molecular complexity index is 1100. The molecular weight excluding hydrogens is 388 g/mol. The molecule has 0 bridgehead atoms. The molecule has 1 saturated heterocycles. The van der Waals surface area contributed by atoms with Gasteiger partial charge >= 0.3 is 0 Å². The molecule has 2 heterocycles. The van der Waals surface area contributed by atoms with Crippen molar-refractivity contribution in [1.29, 1.82) is 0 Å². The molecule has 1 atom stereocenters. The number of nitrogens with zero attached hydrogens (tertiary/aromatic N) is 1. The van der Waals surface area contributed by atoms with E-state index in [1.165, 1.54) is 27.6 Å². The first-order chi connectivity index (χ1) is 14.9. The van der Waals surface area contributed by atoms with Gasteiger partial charge in [0.05, 0.1) is 6.04 Å². The van der Waals surface area contributed by atoms with Gasteiger partial charge in [-0.15, -0.1) is 11.3 Å². The van der Waals surface area contributed by atoms with Crippen LogP contribution in [0.5, 0.6) is 11.5 Å². The van der Waals surface area contributed by atoms with Crippen molar-refractivity contribution in [2.24, 2.45) is 0 Å². The largest absolute Gasteiger partial charge is 0.457 e. The highest BCUT2D eigenvalue weighted by Crippen LogP contribution is 2.38. The Balaban J connectivity index is 1.55. The SMILES string of the molecule is c1ccc(Oc2cccc(C(c3csc4ccccc34)N3CCCNCC3)c2)cc1. The highest BCUT2D eigenvalue weighted by molar-refractivity contribution is 7.17. The number of hydrogen-bond acceptors (Lipinski definition) is 4. The van der Waals surface area contributed by atoms with Gasteiger partial charge in [-0.25, -0.2) is 0 Å². The maximum Gasteiger partial charge on any atom is 0.127 e. The number of fused-ring (bicyclic) bond motifs is 1. The summed E-state index contributed by atoms with van der Waals surface area (Å²) in [5.41, 5.74) is 2.68. The smallest absolute Gasteiger partial charge is 0.127 e. The molecule has 0 aliphatic carbocycles. The van der Waals surface area contributed by atoms with Crippen LogP contribution in [0.3, 0.4) is 0 Å². The summed E-state index contributed by atoms with van der Waals surface area (Å²) in [6, 6.07) is 27.6. The lowest BCUT2D eigenvalue weighted by atomic mass is 9.96. The first kappa shape index (κ1) is 19.3. The minimum atomic E-state index is 0.223. The molecule has 3 nitrogen and oxygen atoms in total. The van der Waals surface area contributed by atoms with Gasteiger partial charge < -0.3 is 10.1 Å². The zero-order valence-electron chi connectivity index (χ0n) is 17.0. The van der Waals surface area contributed by atoms with Gasteiger partial charge in [0.1, 0.15) is 11.5 Å². The maximum absolute atomic E-state index is 6.16. The molecule has 0 saturated carbocycles. The summed E-state index contributed by atoms with van der Waals surface area (Å²) < 4.78 is 7.51. The minimum absolute atomic E-state index is 0.223. The van der Waals surface area contributed by atoms with Crippen LogP contribution in [0.25, 0.3) is 10.1 Å². The van der Waals surface area contributed by atoms with Crippen molar-refractivity contribution in [2.45, 2.75) is 12.5 Å². The molecule has 0 radical (unpaired) electrons. The van der Waals surface area contributed by atoms with Crippen molar-refractivity contribution in [2.75, 3.05) is 26.2 Å². The van der Waals surface area contributed by atoms with Crippen LogP contribution in [-0.2, 0) is 0 Å². The Hall–Kier alpha value is -2.66. The van der Waals surface area contributed by atoms with E-state index < -0.39 is 0 Å². The highest BCUT2D eigenvalue weighted by atomic mass is 32.1. The average Bonchev–Trinajstić information content (AvgIpc) is 3.02. The van der Waals surface area contributed by atoms with Gasteiger partial charge in [-0.05, 0) is 65.2 Å². The van der Waals surface area contributed by atoms with Crippen LogP contribution in [-0.4, -0.2) is 31.1 Å². The zero-order chi connectivity index (χ0) is 20.2. The van der Waals surface area contributed by atoms with E-state index >= 15 is 0 Å². The van der Waals surface area contributed by atoms with Gasteiger partial charge in [-0.2, -0.15) is 0 Å². The van der Waals surface area contributed by atoms with Crippen LogP contribution in [0.4, 0.5) is 0 Å². The standard InChI is InChI=1S/C26H26N2OS/c1-2-9-21(10-3-1)29-22-11-6-8-20(18-22)26(28-16-7-14-27-15-17-28)24-19-30-25-13-5-4-12-23(24)25/h1-6,8-13,18-19,26-27H,7,14-17H2. The molecule has 30 heavy (non-hydrogen) atoms. The van der Waals surface area contributed by atoms with Gasteiger partial charge in [0, 0.05) is 24.3 Å². The second-order valence-electron chi connectivity index (χ2n) is 7.72. The Morgan fingerprint density at radius 1 is 0.833 bits per heavy atom. The van der Waals surface area contributed by atoms with Gasteiger partial charge in [0.15, 0.2) is 0 Å². The third-order valence-electron chi connectivity index (χ3n) is 5.70. The summed E-state index contributed by atoms with van der Waals surface area (Å²) in [6.07, 6.45) is 1.17.